The van der Waals surface area contributed by atoms with Gasteiger partial charge >= 0.3 is 0 Å². The number of carbonyl (C=O) groups excluding carboxylic acids is 1. The van der Waals surface area contributed by atoms with Crippen molar-refractivity contribution in [3.05, 3.63) is 23.7 Å². The Labute approximate surface area is 95.4 Å². The minimum Gasteiger partial charge on any atom is -0.459 e. The van der Waals surface area contributed by atoms with Crippen molar-refractivity contribution in [2.24, 2.45) is 11.7 Å². The van der Waals surface area contributed by atoms with Crippen molar-refractivity contribution < 1.29 is 9.21 Å². The normalized spacial score (nSPS) is 23.9. The van der Waals surface area contributed by atoms with E-state index in [9.17, 15) is 4.79 Å². The molecule has 1 heterocycles. The summed E-state index contributed by atoms with van der Waals surface area (Å²) < 4.78 is 5.19. The van der Waals surface area contributed by atoms with Crippen LogP contribution in [0, 0.1) is 12.8 Å². The molecule has 1 saturated carbocycles. The first-order valence-electron chi connectivity index (χ1n) is 5.63. The number of aryl methyl sites for hydroxylation is 1. The highest BCUT2D eigenvalue weighted by Gasteiger charge is 2.29. The van der Waals surface area contributed by atoms with E-state index in [1.54, 1.807) is 17.2 Å². The average Bonchev–Trinajstić information content (AvgIpc) is 2.61. The van der Waals surface area contributed by atoms with Crippen LogP contribution in [-0.2, 0) is 0 Å². The third kappa shape index (κ3) is 2.11. The fourth-order valence-electron chi connectivity index (χ4n) is 2.17. The Morgan fingerprint density at radius 3 is 2.81 bits per heavy atom. The maximum Gasteiger partial charge on any atom is 0.289 e. The summed E-state index contributed by atoms with van der Waals surface area (Å²) in [5.74, 6) is 0.966. The van der Waals surface area contributed by atoms with Crippen molar-refractivity contribution in [2.45, 2.75) is 25.8 Å². The van der Waals surface area contributed by atoms with Crippen molar-refractivity contribution in [2.75, 3.05) is 13.6 Å². The molecule has 1 fully saturated rings. The monoisotopic (exact) mass is 222 g/mol. The van der Waals surface area contributed by atoms with Crippen molar-refractivity contribution in [1.82, 2.24) is 4.90 Å². The highest BCUT2D eigenvalue weighted by atomic mass is 16.3. The molecule has 0 aromatic carbocycles. The second-order valence-corrected chi connectivity index (χ2v) is 4.72. The van der Waals surface area contributed by atoms with Gasteiger partial charge in [-0.05, 0) is 31.7 Å². The lowest BCUT2D eigenvalue weighted by molar-refractivity contribution is 0.0702. The summed E-state index contributed by atoms with van der Waals surface area (Å²) in [7, 11) is 1.81. The van der Waals surface area contributed by atoms with Crippen LogP contribution in [0.15, 0.2) is 16.7 Å². The number of amides is 1. The largest absolute Gasteiger partial charge is 0.459 e. The van der Waals surface area contributed by atoms with Gasteiger partial charge in [0.15, 0.2) is 5.76 Å². The van der Waals surface area contributed by atoms with Gasteiger partial charge in [0.1, 0.15) is 0 Å². The standard InChI is InChI=1S/C12H18N2O2/c1-8-3-4-16-11(8)12(15)14(2)7-9-5-10(13)6-9/h3-4,9-10H,5-7,13H2,1-2H3. The molecule has 16 heavy (non-hydrogen) atoms. The third-order valence-electron chi connectivity index (χ3n) is 3.21. The van der Waals surface area contributed by atoms with Gasteiger partial charge in [-0.25, -0.2) is 0 Å². The molecule has 1 aliphatic carbocycles. The summed E-state index contributed by atoms with van der Waals surface area (Å²) in [6.45, 7) is 2.65. The second kappa shape index (κ2) is 4.29. The summed E-state index contributed by atoms with van der Waals surface area (Å²) in [5, 5.41) is 0. The van der Waals surface area contributed by atoms with Crippen LogP contribution in [0.1, 0.15) is 29.0 Å². The number of rotatable bonds is 3. The van der Waals surface area contributed by atoms with Gasteiger partial charge in [-0.3, -0.25) is 4.79 Å². The van der Waals surface area contributed by atoms with Crippen LogP contribution in [0.25, 0.3) is 0 Å². The molecule has 0 aliphatic heterocycles. The molecular weight excluding hydrogens is 204 g/mol. The first kappa shape index (κ1) is 11.2. The summed E-state index contributed by atoms with van der Waals surface area (Å²) in [4.78, 5) is 13.7. The Morgan fingerprint density at radius 1 is 1.62 bits per heavy atom. The average molecular weight is 222 g/mol. The lowest BCUT2D eigenvalue weighted by atomic mass is 9.80. The number of hydrogen-bond donors (Lipinski definition) is 1. The van der Waals surface area contributed by atoms with Crippen LogP contribution >= 0.6 is 0 Å². The first-order valence-corrected chi connectivity index (χ1v) is 5.63. The summed E-state index contributed by atoms with van der Waals surface area (Å²) in [6, 6.07) is 2.14. The molecule has 0 bridgehead atoms. The number of carbonyl (C=O) groups is 1. The molecule has 2 rings (SSSR count). The van der Waals surface area contributed by atoms with Crippen LogP contribution in [0.5, 0.6) is 0 Å². The van der Waals surface area contributed by atoms with Crippen LogP contribution < -0.4 is 5.73 Å². The summed E-state index contributed by atoms with van der Waals surface area (Å²) >= 11 is 0. The van der Waals surface area contributed by atoms with Gasteiger partial charge < -0.3 is 15.1 Å². The lowest BCUT2D eigenvalue weighted by Gasteiger charge is -2.35. The molecule has 0 saturated heterocycles. The molecule has 4 heteroatoms. The van der Waals surface area contributed by atoms with Crippen LogP contribution in [0.3, 0.4) is 0 Å². The summed E-state index contributed by atoms with van der Waals surface area (Å²) in [5.41, 5.74) is 6.61. The Bertz CT molecular complexity index is 380. The molecule has 2 N–H and O–H groups in total. The van der Waals surface area contributed by atoms with Gasteiger partial charge in [-0.15, -0.1) is 0 Å². The van der Waals surface area contributed by atoms with E-state index >= 15 is 0 Å². The lowest BCUT2D eigenvalue weighted by Crippen LogP contribution is -2.43. The maximum absolute atomic E-state index is 12.0. The van der Waals surface area contributed by atoms with E-state index in [4.69, 9.17) is 10.2 Å². The topological polar surface area (TPSA) is 59.5 Å². The van der Waals surface area contributed by atoms with Crippen LogP contribution in [0.4, 0.5) is 0 Å². The zero-order chi connectivity index (χ0) is 11.7. The number of nitrogens with zero attached hydrogens (tertiary/aromatic N) is 1. The van der Waals surface area contributed by atoms with Gasteiger partial charge in [0.05, 0.1) is 6.26 Å². The number of furan rings is 1. The van der Waals surface area contributed by atoms with E-state index in [0.29, 0.717) is 17.7 Å². The van der Waals surface area contributed by atoms with Crippen LogP contribution in [-0.4, -0.2) is 30.4 Å². The zero-order valence-corrected chi connectivity index (χ0v) is 9.77. The SMILES string of the molecule is Cc1ccoc1C(=O)N(C)CC1CC(N)C1. The van der Waals surface area contributed by atoms with E-state index < -0.39 is 0 Å². The van der Waals surface area contributed by atoms with Gasteiger partial charge in [-0.1, -0.05) is 0 Å². The predicted octanol–water partition coefficient (Wildman–Crippen LogP) is 1.40. The predicted molar refractivity (Wildman–Crippen MR) is 61.1 cm³/mol. The molecule has 1 aliphatic rings. The molecule has 0 atom stereocenters. The molecule has 0 spiro atoms. The van der Waals surface area contributed by atoms with Gasteiger partial charge in [0.2, 0.25) is 0 Å². The number of nitrogens with two attached hydrogens (primary N) is 1. The van der Waals surface area contributed by atoms with Crippen LogP contribution in [0.2, 0.25) is 0 Å². The third-order valence-corrected chi connectivity index (χ3v) is 3.21. The molecule has 0 radical (unpaired) electrons. The van der Waals surface area contributed by atoms with E-state index in [2.05, 4.69) is 0 Å². The highest BCUT2D eigenvalue weighted by molar-refractivity contribution is 5.92. The van der Waals surface area contributed by atoms with E-state index in [1.165, 1.54) is 0 Å². The summed E-state index contributed by atoms with van der Waals surface area (Å²) in [6.07, 6.45) is 3.60. The van der Waals surface area contributed by atoms with Crippen molar-refractivity contribution in [3.8, 4) is 0 Å². The Morgan fingerprint density at radius 2 is 2.31 bits per heavy atom. The molecule has 4 nitrogen and oxygen atoms in total. The van der Waals surface area contributed by atoms with Gasteiger partial charge in [0, 0.05) is 25.2 Å². The first-order chi connectivity index (χ1) is 7.58. The molecule has 1 aromatic heterocycles. The van der Waals surface area contributed by atoms with E-state index in [0.717, 1.165) is 24.9 Å². The molecular formula is C12H18N2O2. The maximum atomic E-state index is 12.0. The van der Waals surface area contributed by atoms with Gasteiger partial charge in [-0.2, -0.15) is 0 Å². The molecule has 1 amide bonds. The highest BCUT2D eigenvalue weighted by Crippen LogP contribution is 2.26. The number of hydrogen-bond acceptors (Lipinski definition) is 3. The van der Waals surface area contributed by atoms with Crippen molar-refractivity contribution >= 4 is 5.91 Å². The van der Waals surface area contributed by atoms with E-state index in [1.807, 2.05) is 14.0 Å². The molecule has 1 aromatic rings. The minimum absolute atomic E-state index is 0.0389. The van der Waals surface area contributed by atoms with E-state index in [-0.39, 0.29) is 5.91 Å². The molecule has 0 unspecified atom stereocenters. The minimum atomic E-state index is -0.0389. The Kier molecular flexibility index (Phi) is 3.01. The smallest absolute Gasteiger partial charge is 0.289 e. The second-order valence-electron chi connectivity index (χ2n) is 4.72. The quantitative estimate of drug-likeness (QED) is 0.841. The Hall–Kier alpha value is -1.29. The Balaban J connectivity index is 1.92. The van der Waals surface area contributed by atoms with Gasteiger partial charge in [0.25, 0.3) is 5.91 Å². The zero-order valence-electron chi connectivity index (χ0n) is 9.77. The van der Waals surface area contributed by atoms with Crippen molar-refractivity contribution in [3.63, 3.8) is 0 Å². The fraction of sp³-hybridized carbons (Fsp3) is 0.583. The fourth-order valence-corrected chi connectivity index (χ4v) is 2.17. The molecule has 88 valence electrons. The van der Waals surface area contributed by atoms with Crippen molar-refractivity contribution in [1.29, 1.82) is 0 Å².